The van der Waals surface area contributed by atoms with Crippen molar-refractivity contribution in [3.63, 3.8) is 0 Å². The number of nitrogens with zero attached hydrogens (tertiary/aromatic N) is 3. The number of rotatable bonds is 6. The average molecular weight is 281 g/mol. The van der Waals surface area contributed by atoms with Gasteiger partial charge in [0.05, 0.1) is 22.3 Å². The molecule has 1 atom stereocenters. The Morgan fingerprint density at radius 1 is 1.26 bits per heavy atom. The van der Waals surface area contributed by atoms with Crippen LogP contribution >= 0.6 is 12.2 Å². The fraction of sp³-hybridized carbons (Fsp3) is 0.583. The van der Waals surface area contributed by atoms with Crippen molar-refractivity contribution < 1.29 is 4.79 Å². The van der Waals surface area contributed by atoms with E-state index in [0.29, 0.717) is 6.42 Å². The average Bonchev–Trinajstić information content (AvgIpc) is 2.38. The van der Waals surface area contributed by atoms with E-state index in [4.69, 9.17) is 18.0 Å². The molecule has 0 fully saturated rings. The minimum atomic E-state index is -0.505. The molecule has 1 amide bonds. The number of nitrogens with one attached hydrogen (secondary N) is 1. The first-order valence-corrected chi connectivity index (χ1v) is 6.76. The molecule has 0 bridgehead atoms. The molecule has 0 aromatic carbocycles. The topological polar surface area (TPSA) is 93.8 Å². The first-order chi connectivity index (χ1) is 9.03. The van der Waals surface area contributed by atoms with Gasteiger partial charge in [0.2, 0.25) is 11.9 Å². The number of carbonyl (C=O) groups excluding carboxylic acids is 1. The molecule has 104 valence electrons. The Hall–Kier alpha value is -1.63. The molecule has 1 unspecified atom stereocenters. The van der Waals surface area contributed by atoms with E-state index in [9.17, 15) is 4.79 Å². The SMILES string of the molecule is CCc1nnc(NC(=O)C(CC)C(N)=S)nc1CC. The summed E-state index contributed by atoms with van der Waals surface area (Å²) >= 11 is 4.86. The van der Waals surface area contributed by atoms with Crippen molar-refractivity contribution in [3.05, 3.63) is 11.4 Å². The zero-order chi connectivity index (χ0) is 14.4. The highest BCUT2D eigenvalue weighted by molar-refractivity contribution is 7.80. The molecule has 0 saturated carbocycles. The zero-order valence-corrected chi connectivity index (χ0v) is 12.3. The van der Waals surface area contributed by atoms with Crippen LogP contribution in [0.1, 0.15) is 38.6 Å². The van der Waals surface area contributed by atoms with Crippen molar-refractivity contribution in [1.29, 1.82) is 0 Å². The van der Waals surface area contributed by atoms with Crippen LogP contribution in [0.5, 0.6) is 0 Å². The Labute approximate surface area is 118 Å². The number of aryl methyl sites for hydroxylation is 2. The van der Waals surface area contributed by atoms with E-state index in [1.807, 2.05) is 20.8 Å². The molecule has 7 heteroatoms. The summed E-state index contributed by atoms with van der Waals surface area (Å²) < 4.78 is 0. The minimum Gasteiger partial charge on any atom is -0.393 e. The quantitative estimate of drug-likeness (QED) is 0.762. The van der Waals surface area contributed by atoms with Gasteiger partial charge in [0, 0.05) is 0 Å². The Morgan fingerprint density at radius 3 is 2.37 bits per heavy atom. The zero-order valence-electron chi connectivity index (χ0n) is 11.4. The third-order valence-corrected chi connectivity index (χ3v) is 3.10. The van der Waals surface area contributed by atoms with Crippen molar-refractivity contribution in [2.75, 3.05) is 5.32 Å². The van der Waals surface area contributed by atoms with Crippen LogP contribution in [-0.4, -0.2) is 26.1 Å². The van der Waals surface area contributed by atoms with E-state index >= 15 is 0 Å². The third kappa shape index (κ3) is 3.92. The predicted octanol–water partition coefficient (Wildman–Crippen LogP) is 1.25. The molecule has 0 saturated heterocycles. The number of hydrogen-bond donors (Lipinski definition) is 2. The van der Waals surface area contributed by atoms with E-state index in [2.05, 4.69) is 20.5 Å². The molecule has 1 aromatic heterocycles. The van der Waals surface area contributed by atoms with Gasteiger partial charge in [-0.25, -0.2) is 4.98 Å². The summed E-state index contributed by atoms with van der Waals surface area (Å²) in [5, 5.41) is 10.6. The van der Waals surface area contributed by atoms with E-state index in [-0.39, 0.29) is 16.8 Å². The number of aromatic nitrogens is 3. The van der Waals surface area contributed by atoms with Gasteiger partial charge in [-0.3, -0.25) is 10.1 Å². The highest BCUT2D eigenvalue weighted by Gasteiger charge is 2.20. The molecule has 0 aliphatic heterocycles. The van der Waals surface area contributed by atoms with E-state index in [1.165, 1.54) is 0 Å². The van der Waals surface area contributed by atoms with Gasteiger partial charge < -0.3 is 5.73 Å². The molecule has 0 aliphatic carbocycles. The van der Waals surface area contributed by atoms with Crippen LogP contribution in [-0.2, 0) is 17.6 Å². The van der Waals surface area contributed by atoms with E-state index in [0.717, 1.165) is 24.2 Å². The van der Waals surface area contributed by atoms with Crippen molar-refractivity contribution in [2.45, 2.75) is 40.0 Å². The summed E-state index contributed by atoms with van der Waals surface area (Å²) in [4.78, 5) is 16.4. The highest BCUT2D eigenvalue weighted by atomic mass is 32.1. The monoisotopic (exact) mass is 281 g/mol. The predicted molar refractivity (Wildman–Crippen MR) is 77.8 cm³/mol. The summed E-state index contributed by atoms with van der Waals surface area (Å²) in [5.74, 6) is -0.591. The number of thiocarbonyl (C=S) groups is 1. The lowest BCUT2D eigenvalue weighted by molar-refractivity contribution is -0.118. The lowest BCUT2D eigenvalue weighted by Gasteiger charge is -2.12. The third-order valence-electron chi connectivity index (χ3n) is 2.81. The summed E-state index contributed by atoms with van der Waals surface area (Å²) in [5.41, 5.74) is 7.21. The number of hydrogen-bond acceptors (Lipinski definition) is 5. The number of nitrogens with two attached hydrogens (primary N) is 1. The fourth-order valence-corrected chi connectivity index (χ4v) is 1.98. The molecular formula is C12H19N5OS. The van der Waals surface area contributed by atoms with E-state index < -0.39 is 5.92 Å². The molecule has 1 rings (SSSR count). The van der Waals surface area contributed by atoms with Gasteiger partial charge >= 0.3 is 0 Å². The summed E-state index contributed by atoms with van der Waals surface area (Å²) in [6.07, 6.45) is 2.05. The molecule has 19 heavy (non-hydrogen) atoms. The second-order valence-corrected chi connectivity index (χ2v) is 4.56. The van der Waals surface area contributed by atoms with Gasteiger partial charge in [-0.15, -0.1) is 10.2 Å². The second kappa shape index (κ2) is 7.08. The van der Waals surface area contributed by atoms with Gasteiger partial charge in [0.1, 0.15) is 0 Å². The van der Waals surface area contributed by atoms with Crippen molar-refractivity contribution in [1.82, 2.24) is 15.2 Å². The van der Waals surface area contributed by atoms with Crippen LogP contribution < -0.4 is 11.1 Å². The van der Waals surface area contributed by atoms with E-state index in [1.54, 1.807) is 0 Å². The summed E-state index contributed by atoms with van der Waals surface area (Å²) in [6, 6.07) is 0. The molecule has 0 spiro atoms. The number of anilines is 1. The maximum absolute atomic E-state index is 12.0. The van der Waals surface area contributed by atoms with Crippen LogP contribution in [0.2, 0.25) is 0 Å². The van der Waals surface area contributed by atoms with Gasteiger partial charge in [0.25, 0.3) is 0 Å². The molecule has 3 N–H and O–H groups in total. The van der Waals surface area contributed by atoms with Crippen LogP contribution in [0.15, 0.2) is 0 Å². The van der Waals surface area contributed by atoms with Crippen molar-refractivity contribution in [3.8, 4) is 0 Å². The van der Waals surface area contributed by atoms with Gasteiger partial charge in [-0.1, -0.05) is 33.0 Å². The summed E-state index contributed by atoms with van der Waals surface area (Å²) in [7, 11) is 0. The van der Waals surface area contributed by atoms with Gasteiger partial charge in [0.15, 0.2) is 0 Å². The minimum absolute atomic E-state index is 0.175. The van der Waals surface area contributed by atoms with Crippen LogP contribution in [0.3, 0.4) is 0 Å². The molecule has 1 heterocycles. The van der Waals surface area contributed by atoms with Crippen LogP contribution in [0, 0.1) is 5.92 Å². The maximum Gasteiger partial charge on any atom is 0.249 e. The largest absolute Gasteiger partial charge is 0.393 e. The Kier molecular flexibility index (Phi) is 5.75. The Balaban J connectivity index is 2.88. The van der Waals surface area contributed by atoms with Crippen molar-refractivity contribution in [2.24, 2.45) is 11.7 Å². The van der Waals surface area contributed by atoms with Gasteiger partial charge in [-0.2, -0.15) is 0 Å². The molecule has 0 aliphatic rings. The standard InChI is InChI=1S/C12H19N5OS/c1-4-7(10(13)19)11(18)15-12-14-8(5-2)9(6-3)16-17-12/h7H,4-6H2,1-3H3,(H2,13,19)(H,14,15,17,18). The maximum atomic E-state index is 12.0. The molecule has 6 nitrogen and oxygen atoms in total. The summed E-state index contributed by atoms with van der Waals surface area (Å²) in [6.45, 7) is 5.82. The van der Waals surface area contributed by atoms with Gasteiger partial charge in [-0.05, 0) is 19.3 Å². The molecule has 1 aromatic rings. The lowest BCUT2D eigenvalue weighted by atomic mass is 10.1. The smallest absolute Gasteiger partial charge is 0.249 e. The van der Waals surface area contributed by atoms with Crippen LogP contribution in [0.25, 0.3) is 0 Å². The first-order valence-electron chi connectivity index (χ1n) is 6.36. The Bertz CT molecular complexity index is 477. The number of amides is 1. The fourth-order valence-electron chi connectivity index (χ4n) is 1.70. The lowest BCUT2D eigenvalue weighted by Crippen LogP contribution is -2.33. The molecular weight excluding hydrogens is 262 g/mol. The second-order valence-electron chi connectivity index (χ2n) is 4.09. The van der Waals surface area contributed by atoms with Crippen molar-refractivity contribution >= 4 is 29.1 Å². The Morgan fingerprint density at radius 2 is 1.89 bits per heavy atom. The number of carbonyl (C=O) groups is 1. The van der Waals surface area contributed by atoms with Crippen LogP contribution in [0.4, 0.5) is 5.95 Å². The highest BCUT2D eigenvalue weighted by Crippen LogP contribution is 2.10. The normalized spacial score (nSPS) is 11.9. The molecule has 0 radical (unpaired) electrons. The first kappa shape index (κ1) is 15.4.